The Bertz CT molecular complexity index is 465. The van der Waals surface area contributed by atoms with Crippen LogP contribution in [0.4, 0.5) is 5.69 Å². The zero-order chi connectivity index (χ0) is 12.5. The van der Waals surface area contributed by atoms with E-state index >= 15 is 0 Å². The fraction of sp³-hybridized carbons (Fsp3) is 0.571. The zero-order valence-corrected chi connectivity index (χ0v) is 10.8. The Morgan fingerprint density at radius 2 is 2.00 bits per heavy atom. The molecule has 0 saturated heterocycles. The van der Waals surface area contributed by atoms with E-state index in [-0.39, 0.29) is 5.54 Å². The Hall–Kier alpha value is -1.56. The van der Waals surface area contributed by atoms with Crippen molar-refractivity contribution in [3.8, 4) is 6.07 Å². The summed E-state index contributed by atoms with van der Waals surface area (Å²) in [5.74, 6) is 0. The predicted molar refractivity (Wildman–Crippen MR) is 68.9 cm³/mol. The number of pyridine rings is 1. The standard InChI is InChI=1S/C14H19N3/c1-10-8-13(12(9-15)11(2)16-10)17-14(3)6-4-5-7-14/h8H,4-7H2,1-3H3,(H,16,17). The molecule has 3 nitrogen and oxygen atoms in total. The number of nitrogens with one attached hydrogen (secondary N) is 1. The van der Waals surface area contributed by atoms with Gasteiger partial charge in [-0.2, -0.15) is 5.26 Å². The van der Waals surface area contributed by atoms with Crippen LogP contribution >= 0.6 is 0 Å². The molecule has 2 rings (SSSR count). The molecule has 0 atom stereocenters. The minimum Gasteiger partial charge on any atom is -0.379 e. The maximum Gasteiger partial charge on any atom is 0.103 e. The lowest BCUT2D eigenvalue weighted by Crippen LogP contribution is -2.31. The number of anilines is 1. The van der Waals surface area contributed by atoms with Crippen LogP contribution in [0.3, 0.4) is 0 Å². The van der Waals surface area contributed by atoms with Crippen molar-refractivity contribution in [2.24, 2.45) is 0 Å². The number of hydrogen-bond acceptors (Lipinski definition) is 3. The Labute approximate surface area is 103 Å². The molecule has 0 unspecified atom stereocenters. The maximum atomic E-state index is 9.22. The smallest absolute Gasteiger partial charge is 0.103 e. The van der Waals surface area contributed by atoms with Crippen LogP contribution in [-0.4, -0.2) is 10.5 Å². The van der Waals surface area contributed by atoms with Crippen LogP contribution in [0.25, 0.3) is 0 Å². The summed E-state index contributed by atoms with van der Waals surface area (Å²) in [6.45, 7) is 6.11. The molecule has 0 aromatic carbocycles. The second kappa shape index (κ2) is 4.37. The van der Waals surface area contributed by atoms with Gasteiger partial charge in [-0.15, -0.1) is 0 Å². The highest BCUT2D eigenvalue weighted by molar-refractivity contribution is 5.61. The summed E-state index contributed by atoms with van der Waals surface area (Å²) in [4.78, 5) is 4.34. The zero-order valence-electron chi connectivity index (χ0n) is 10.8. The first-order valence-electron chi connectivity index (χ1n) is 6.21. The number of aromatic nitrogens is 1. The van der Waals surface area contributed by atoms with Crippen LogP contribution in [-0.2, 0) is 0 Å². The molecule has 0 aliphatic heterocycles. The average molecular weight is 229 g/mol. The fourth-order valence-electron chi connectivity index (χ4n) is 2.67. The molecular weight excluding hydrogens is 210 g/mol. The second-order valence-electron chi connectivity index (χ2n) is 5.28. The molecule has 1 aromatic heterocycles. The summed E-state index contributed by atoms with van der Waals surface area (Å²) in [5, 5.41) is 12.8. The maximum absolute atomic E-state index is 9.22. The number of aryl methyl sites for hydroxylation is 2. The Kier molecular flexibility index (Phi) is 3.06. The van der Waals surface area contributed by atoms with Crippen molar-refractivity contribution in [2.75, 3.05) is 5.32 Å². The molecule has 0 spiro atoms. The molecule has 17 heavy (non-hydrogen) atoms. The van der Waals surface area contributed by atoms with Crippen molar-refractivity contribution in [3.05, 3.63) is 23.0 Å². The number of hydrogen-bond donors (Lipinski definition) is 1. The van der Waals surface area contributed by atoms with Gasteiger partial charge in [0.2, 0.25) is 0 Å². The summed E-state index contributed by atoms with van der Waals surface area (Å²) >= 11 is 0. The summed E-state index contributed by atoms with van der Waals surface area (Å²) in [5.41, 5.74) is 3.55. The molecule has 1 aliphatic rings. The average Bonchev–Trinajstić information content (AvgIpc) is 2.64. The highest BCUT2D eigenvalue weighted by Crippen LogP contribution is 2.34. The summed E-state index contributed by atoms with van der Waals surface area (Å²) in [7, 11) is 0. The van der Waals surface area contributed by atoms with Gasteiger partial charge in [0, 0.05) is 11.2 Å². The molecule has 1 heterocycles. The summed E-state index contributed by atoms with van der Waals surface area (Å²) in [6, 6.07) is 4.24. The third-order valence-corrected chi connectivity index (χ3v) is 3.58. The molecule has 1 fully saturated rings. The second-order valence-corrected chi connectivity index (χ2v) is 5.28. The van der Waals surface area contributed by atoms with Gasteiger partial charge in [-0.25, -0.2) is 0 Å². The van der Waals surface area contributed by atoms with E-state index in [4.69, 9.17) is 0 Å². The van der Waals surface area contributed by atoms with Gasteiger partial charge in [0.05, 0.1) is 16.9 Å². The van der Waals surface area contributed by atoms with Crippen molar-refractivity contribution in [1.29, 1.82) is 5.26 Å². The molecule has 90 valence electrons. The Morgan fingerprint density at radius 3 is 2.59 bits per heavy atom. The first kappa shape index (κ1) is 11.9. The van der Waals surface area contributed by atoms with E-state index < -0.39 is 0 Å². The molecular formula is C14H19N3. The van der Waals surface area contributed by atoms with Gasteiger partial charge in [-0.05, 0) is 39.7 Å². The minimum atomic E-state index is 0.145. The van der Waals surface area contributed by atoms with Crippen molar-refractivity contribution in [3.63, 3.8) is 0 Å². The van der Waals surface area contributed by atoms with Gasteiger partial charge in [-0.1, -0.05) is 12.8 Å². The first-order valence-corrected chi connectivity index (χ1v) is 6.21. The number of nitriles is 1. The van der Waals surface area contributed by atoms with E-state index in [0.717, 1.165) is 17.1 Å². The normalized spacial score (nSPS) is 17.8. The topological polar surface area (TPSA) is 48.7 Å². The van der Waals surface area contributed by atoms with E-state index in [1.165, 1.54) is 25.7 Å². The van der Waals surface area contributed by atoms with Crippen LogP contribution in [0.2, 0.25) is 0 Å². The molecule has 1 aliphatic carbocycles. The quantitative estimate of drug-likeness (QED) is 0.846. The van der Waals surface area contributed by atoms with Crippen molar-refractivity contribution < 1.29 is 0 Å². The van der Waals surface area contributed by atoms with Gasteiger partial charge < -0.3 is 5.32 Å². The minimum absolute atomic E-state index is 0.145. The molecule has 0 bridgehead atoms. The molecule has 1 N–H and O–H groups in total. The van der Waals surface area contributed by atoms with Crippen molar-refractivity contribution >= 4 is 5.69 Å². The van der Waals surface area contributed by atoms with E-state index in [1.54, 1.807) is 0 Å². The summed E-state index contributed by atoms with van der Waals surface area (Å²) in [6.07, 6.45) is 4.90. The Balaban J connectivity index is 2.35. The van der Waals surface area contributed by atoms with E-state index in [0.29, 0.717) is 5.56 Å². The Morgan fingerprint density at radius 1 is 1.35 bits per heavy atom. The van der Waals surface area contributed by atoms with Crippen molar-refractivity contribution in [1.82, 2.24) is 4.98 Å². The highest BCUT2D eigenvalue weighted by Gasteiger charge is 2.29. The number of nitrogens with zero attached hydrogens (tertiary/aromatic N) is 2. The molecule has 1 aromatic rings. The molecule has 3 heteroatoms. The lowest BCUT2D eigenvalue weighted by Gasteiger charge is -2.27. The van der Waals surface area contributed by atoms with Crippen LogP contribution in [0.5, 0.6) is 0 Å². The summed E-state index contributed by atoms with van der Waals surface area (Å²) < 4.78 is 0. The predicted octanol–water partition coefficient (Wildman–Crippen LogP) is 3.31. The van der Waals surface area contributed by atoms with Gasteiger partial charge in [0.15, 0.2) is 0 Å². The number of rotatable bonds is 2. The van der Waals surface area contributed by atoms with Gasteiger partial charge in [0.25, 0.3) is 0 Å². The third-order valence-electron chi connectivity index (χ3n) is 3.58. The SMILES string of the molecule is Cc1cc(NC2(C)CCCC2)c(C#N)c(C)n1. The van der Waals surface area contributed by atoms with Crippen LogP contribution in [0, 0.1) is 25.2 Å². The third kappa shape index (κ3) is 2.41. The molecule has 0 amide bonds. The van der Waals surface area contributed by atoms with E-state index in [2.05, 4.69) is 23.3 Å². The van der Waals surface area contributed by atoms with Crippen molar-refractivity contribution in [2.45, 2.75) is 52.0 Å². The lowest BCUT2D eigenvalue weighted by molar-refractivity contribution is 0.533. The van der Waals surface area contributed by atoms with Gasteiger partial charge in [0.1, 0.15) is 6.07 Å². The highest BCUT2D eigenvalue weighted by atomic mass is 15.0. The van der Waals surface area contributed by atoms with E-state index in [9.17, 15) is 5.26 Å². The van der Waals surface area contributed by atoms with Gasteiger partial charge in [-0.3, -0.25) is 4.98 Å². The monoisotopic (exact) mass is 229 g/mol. The largest absolute Gasteiger partial charge is 0.379 e. The lowest BCUT2D eigenvalue weighted by atomic mass is 9.99. The molecule has 1 saturated carbocycles. The van der Waals surface area contributed by atoms with Crippen LogP contribution in [0.15, 0.2) is 6.07 Å². The first-order chi connectivity index (χ1) is 8.04. The van der Waals surface area contributed by atoms with E-state index in [1.807, 2.05) is 19.9 Å². The fourth-order valence-corrected chi connectivity index (χ4v) is 2.67. The van der Waals surface area contributed by atoms with Gasteiger partial charge >= 0.3 is 0 Å². The molecule has 0 radical (unpaired) electrons. The van der Waals surface area contributed by atoms with Crippen LogP contribution in [0.1, 0.15) is 49.6 Å². The van der Waals surface area contributed by atoms with Crippen LogP contribution < -0.4 is 5.32 Å².